The average molecular weight is 165 g/mol. The van der Waals surface area contributed by atoms with Crippen molar-refractivity contribution in [3.63, 3.8) is 0 Å². The van der Waals surface area contributed by atoms with Crippen LogP contribution in [0.15, 0.2) is 29.7 Å². The molecule has 0 aromatic heterocycles. The van der Waals surface area contributed by atoms with Crippen LogP contribution in [0.1, 0.15) is 20.3 Å². The smallest absolute Gasteiger partial charge is 0.127 e. The molecule has 1 unspecified atom stereocenters. The maximum Gasteiger partial charge on any atom is 0.127 e. The minimum atomic E-state index is 0.436. The maximum absolute atomic E-state index is 5.50. The van der Waals surface area contributed by atoms with E-state index in [2.05, 4.69) is 25.4 Å². The van der Waals surface area contributed by atoms with Crippen molar-refractivity contribution in [2.24, 2.45) is 10.7 Å². The van der Waals surface area contributed by atoms with Crippen LogP contribution in [0.3, 0.4) is 0 Å². The first-order chi connectivity index (χ1) is 5.65. The van der Waals surface area contributed by atoms with Gasteiger partial charge in [0.25, 0.3) is 0 Å². The number of aliphatic imine (C=N–C) groups is 1. The van der Waals surface area contributed by atoms with Gasteiger partial charge >= 0.3 is 0 Å². The van der Waals surface area contributed by atoms with E-state index in [-0.39, 0.29) is 0 Å². The van der Waals surface area contributed by atoms with Crippen LogP contribution >= 0.6 is 0 Å². The number of nitrogens with zero attached hydrogens (tertiary/aromatic N) is 2. The van der Waals surface area contributed by atoms with Gasteiger partial charge in [0.05, 0.1) is 0 Å². The van der Waals surface area contributed by atoms with Crippen molar-refractivity contribution >= 4 is 5.84 Å². The second-order valence-electron chi connectivity index (χ2n) is 2.93. The van der Waals surface area contributed by atoms with E-state index in [1.54, 1.807) is 6.08 Å². The van der Waals surface area contributed by atoms with Crippen molar-refractivity contribution in [3.8, 4) is 0 Å². The van der Waals surface area contributed by atoms with Crippen LogP contribution in [-0.4, -0.2) is 16.8 Å². The molecule has 0 fully saturated rings. The van der Waals surface area contributed by atoms with Crippen LogP contribution in [0.4, 0.5) is 0 Å². The topological polar surface area (TPSA) is 41.6 Å². The summed E-state index contributed by atoms with van der Waals surface area (Å²) >= 11 is 0. The first-order valence-electron chi connectivity index (χ1n) is 4.14. The summed E-state index contributed by atoms with van der Waals surface area (Å²) in [5, 5.41) is 0. The summed E-state index contributed by atoms with van der Waals surface area (Å²) < 4.78 is 0. The lowest BCUT2D eigenvalue weighted by molar-refractivity contribution is 0.348. The summed E-state index contributed by atoms with van der Waals surface area (Å²) in [6.45, 7) is 8.09. The molecule has 0 saturated heterocycles. The summed E-state index contributed by atoms with van der Waals surface area (Å²) in [5.41, 5.74) is 5.50. The Labute approximate surface area is 73.3 Å². The van der Waals surface area contributed by atoms with Gasteiger partial charge in [-0.2, -0.15) is 0 Å². The molecule has 0 aliphatic carbocycles. The van der Waals surface area contributed by atoms with Crippen molar-refractivity contribution in [2.75, 3.05) is 0 Å². The predicted molar refractivity (Wildman–Crippen MR) is 51.5 cm³/mol. The number of rotatable bonds is 2. The van der Waals surface area contributed by atoms with Gasteiger partial charge in [0.2, 0.25) is 0 Å². The molecule has 3 heteroatoms. The van der Waals surface area contributed by atoms with Gasteiger partial charge < -0.3 is 10.6 Å². The monoisotopic (exact) mass is 165 g/mol. The zero-order valence-electron chi connectivity index (χ0n) is 7.62. The largest absolute Gasteiger partial charge is 0.384 e. The van der Waals surface area contributed by atoms with E-state index >= 15 is 0 Å². The minimum Gasteiger partial charge on any atom is -0.384 e. The zero-order valence-corrected chi connectivity index (χ0v) is 7.62. The second kappa shape index (κ2) is 3.43. The molecule has 1 rings (SSSR count). The molecule has 0 amide bonds. The molecule has 2 N–H and O–H groups in total. The van der Waals surface area contributed by atoms with Crippen molar-refractivity contribution < 1.29 is 0 Å². The Bertz CT molecular complexity index is 240. The lowest BCUT2D eigenvalue weighted by Gasteiger charge is -2.28. The molecule has 66 valence electrons. The molecule has 1 heterocycles. The van der Waals surface area contributed by atoms with E-state index in [1.807, 2.05) is 11.1 Å². The van der Waals surface area contributed by atoms with E-state index in [9.17, 15) is 0 Å². The Balaban J connectivity index is 2.72. The Kier molecular flexibility index (Phi) is 2.53. The average Bonchev–Trinajstić information content (AvgIpc) is 2.03. The number of nitrogens with two attached hydrogens (primary N) is 1. The Morgan fingerprint density at radius 2 is 2.42 bits per heavy atom. The van der Waals surface area contributed by atoms with Gasteiger partial charge in [0.1, 0.15) is 11.7 Å². The Morgan fingerprint density at radius 1 is 1.75 bits per heavy atom. The van der Waals surface area contributed by atoms with Gasteiger partial charge in [0, 0.05) is 12.2 Å². The predicted octanol–water partition coefficient (Wildman–Crippen LogP) is 1.44. The lowest BCUT2D eigenvalue weighted by atomic mass is 10.2. The standard InChI is InChI=1S/C9H15N3/c1-4-7(2)12-6-5-9(10)11-8(12)3/h5-7H,3-4H2,1-2H3,(H2,10,11). The van der Waals surface area contributed by atoms with Gasteiger partial charge in [-0.25, -0.2) is 4.99 Å². The van der Waals surface area contributed by atoms with Crippen molar-refractivity contribution in [1.82, 2.24) is 4.90 Å². The van der Waals surface area contributed by atoms with Crippen molar-refractivity contribution in [3.05, 3.63) is 24.7 Å². The maximum atomic E-state index is 5.50. The van der Waals surface area contributed by atoms with Crippen LogP contribution in [0.5, 0.6) is 0 Å². The molecular formula is C9H15N3. The fraction of sp³-hybridized carbons (Fsp3) is 0.444. The molecule has 1 atom stereocenters. The highest BCUT2D eigenvalue weighted by Gasteiger charge is 2.13. The molecule has 3 nitrogen and oxygen atoms in total. The third-order valence-corrected chi connectivity index (χ3v) is 2.03. The van der Waals surface area contributed by atoms with Crippen LogP contribution in [0.2, 0.25) is 0 Å². The van der Waals surface area contributed by atoms with Crippen molar-refractivity contribution in [1.29, 1.82) is 0 Å². The van der Waals surface area contributed by atoms with Gasteiger partial charge in [-0.3, -0.25) is 0 Å². The SMILES string of the molecule is C=C1N=C(N)C=CN1C(C)CC. The van der Waals surface area contributed by atoms with Crippen LogP contribution in [0, 0.1) is 0 Å². The summed E-state index contributed by atoms with van der Waals surface area (Å²) in [4.78, 5) is 6.10. The van der Waals surface area contributed by atoms with Crippen LogP contribution in [0.25, 0.3) is 0 Å². The summed E-state index contributed by atoms with van der Waals surface area (Å²) in [6, 6.07) is 0.436. The van der Waals surface area contributed by atoms with E-state index < -0.39 is 0 Å². The summed E-state index contributed by atoms with van der Waals surface area (Å²) in [6.07, 6.45) is 4.79. The van der Waals surface area contributed by atoms with E-state index in [4.69, 9.17) is 5.73 Å². The number of hydrogen-bond acceptors (Lipinski definition) is 3. The van der Waals surface area contributed by atoms with Gasteiger partial charge in [0.15, 0.2) is 0 Å². The van der Waals surface area contributed by atoms with E-state index in [1.165, 1.54) is 0 Å². The molecule has 1 aliphatic heterocycles. The molecule has 1 aliphatic rings. The molecule has 0 saturated carbocycles. The molecule has 0 aromatic rings. The van der Waals surface area contributed by atoms with Crippen molar-refractivity contribution in [2.45, 2.75) is 26.3 Å². The third-order valence-electron chi connectivity index (χ3n) is 2.03. The highest BCUT2D eigenvalue weighted by molar-refractivity contribution is 5.92. The highest BCUT2D eigenvalue weighted by Crippen LogP contribution is 2.15. The van der Waals surface area contributed by atoms with Crippen LogP contribution in [-0.2, 0) is 0 Å². The minimum absolute atomic E-state index is 0.436. The fourth-order valence-electron chi connectivity index (χ4n) is 1.08. The molecule has 0 radical (unpaired) electrons. The third kappa shape index (κ3) is 1.67. The number of amidine groups is 1. The summed E-state index contributed by atoms with van der Waals surface area (Å²) in [7, 11) is 0. The van der Waals surface area contributed by atoms with Crippen LogP contribution < -0.4 is 5.73 Å². The lowest BCUT2D eigenvalue weighted by Crippen LogP contribution is -2.29. The highest BCUT2D eigenvalue weighted by atomic mass is 15.2. The van der Waals surface area contributed by atoms with Gasteiger partial charge in [-0.05, 0) is 19.4 Å². The normalized spacial score (nSPS) is 19.3. The number of hydrogen-bond donors (Lipinski definition) is 1. The van der Waals surface area contributed by atoms with E-state index in [0.717, 1.165) is 12.2 Å². The Morgan fingerprint density at radius 3 is 2.92 bits per heavy atom. The summed E-state index contributed by atoms with van der Waals surface area (Å²) in [5.74, 6) is 1.25. The van der Waals surface area contributed by atoms with Gasteiger partial charge in [-0.1, -0.05) is 13.5 Å². The molecular weight excluding hydrogens is 150 g/mol. The zero-order chi connectivity index (χ0) is 9.14. The Hall–Kier alpha value is -1.25. The second-order valence-corrected chi connectivity index (χ2v) is 2.93. The molecule has 0 spiro atoms. The molecule has 0 aromatic carbocycles. The van der Waals surface area contributed by atoms with Gasteiger partial charge in [-0.15, -0.1) is 0 Å². The molecule has 12 heavy (non-hydrogen) atoms. The fourth-order valence-corrected chi connectivity index (χ4v) is 1.08. The quantitative estimate of drug-likeness (QED) is 0.672. The first-order valence-corrected chi connectivity index (χ1v) is 4.14. The first kappa shape index (κ1) is 8.84. The van der Waals surface area contributed by atoms with E-state index in [0.29, 0.717) is 11.9 Å². The molecule has 0 bridgehead atoms.